The zero-order valence-electron chi connectivity index (χ0n) is 15.4. The summed E-state index contributed by atoms with van der Waals surface area (Å²) in [6.45, 7) is 3.28. The van der Waals surface area contributed by atoms with Crippen molar-refractivity contribution >= 4 is 11.9 Å². The lowest BCUT2D eigenvalue weighted by atomic mass is 9.85. The Labute approximate surface area is 154 Å². The van der Waals surface area contributed by atoms with Crippen LogP contribution in [0, 0.1) is 11.8 Å². The van der Waals surface area contributed by atoms with Crippen LogP contribution >= 0.6 is 0 Å². The van der Waals surface area contributed by atoms with E-state index in [1.54, 1.807) is 6.92 Å². The van der Waals surface area contributed by atoms with Crippen LogP contribution in [0.3, 0.4) is 0 Å². The number of carbonyl (C=O) groups excluding carboxylic acids is 2. The Kier molecular flexibility index (Phi) is 15.1. The molecule has 1 saturated heterocycles. The van der Waals surface area contributed by atoms with Gasteiger partial charge in [0, 0.05) is 33.0 Å². The van der Waals surface area contributed by atoms with Gasteiger partial charge in [0.05, 0.1) is 17.9 Å². The third-order valence-electron chi connectivity index (χ3n) is 3.68. The van der Waals surface area contributed by atoms with E-state index >= 15 is 0 Å². The van der Waals surface area contributed by atoms with Crippen molar-refractivity contribution in [3.8, 4) is 0 Å². The van der Waals surface area contributed by atoms with E-state index in [1.807, 2.05) is 12.2 Å². The van der Waals surface area contributed by atoms with E-state index in [-0.39, 0.29) is 49.7 Å². The van der Waals surface area contributed by atoms with Crippen molar-refractivity contribution in [2.45, 2.75) is 45.1 Å². The Hall–Kier alpha value is -1.32. The van der Waals surface area contributed by atoms with Crippen LogP contribution in [0.5, 0.6) is 0 Å². The first-order chi connectivity index (χ1) is 12.5. The van der Waals surface area contributed by atoms with Crippen molar-refractivity contribution in [2.24, 2.45) is 11.8 Å². The molecule has 152 valence electrons. The normalized spacial score (nSPS) is 21.7. The maximum absolute atomic E-state index is 10.9. The molecule has 1 heterocycles. The van der Waals surface area contributed by atoms with Gasteiger partial charge in [-0.25, -0.2) is 0 Å². The molecule has 26 heavy (non-hydrogen) atoms. The van der Waals surface area contributed by atoms with Crippen molar-refractivity contribution in [3.05, 3.63) is 12.2 Å². The van der Waals surface area contributed by atoms with Crippen LogP contribution < -0.4 is 0 Å². The Bertz CT molecular complexity index is 378. The average Bonchev–Trinajstić information content (AvgIpc) is 2.91. The smallest absolute Gasteiger partial charge is 0.317 e. The van der Waals surface area contributed by atoms with Gasteiger partial charge in [-0.2, -0.15) is 0 Å². The Morgan fingerprint density at radius 1 is 1.00 bits per heavy atom. The van der Waals surface area contributed by atoms with Gasteiger partial charge in [0.2, 0.25) is 0 Å². The van der Waals surface area contributed by atoms with E-state index in [9.17, 15) is 9.59 Å². The Balaban J connectivity index is 0.000000380. The summed E-state index contributed by atoms with van der Waals surface area (Å²) in [5.74, 6) is -1.06. The molecular formula is C18H32O8. The first-order valence-corrected chi connectivity index (χ1v) is 8.96. The van der Waals surface area contributed by atoms with Crippen molar-refractivity contribution in [1.82, 2.24) is 0 Å². The lowest BCUT2D eigenvalue weighted by Crippen LogP contribution is -2.18. The van der Waals surface area contributed by atoms with Crippen molar-refractivity contribution in [1.29, 1.82) is 0 Å². The summed E-state index contributed by atoms with van der Waals surface area (Å²) in [7, 11) is 0. The van der Waals surface area contributed by atoms with Crippen LogP contribution in [0.2, 0.25) is 0 Å². The minimum atomic E-state index is -0.352. The number of cyclic esters (lactones) is 2. The fourth-order valence-corrected chi connectivity index (χ4v) is 2.21. The lowest BCUT2D eigenvalue weighted by Gasteiger charge is -2.12. The summed E-state index contributed by atoms with van der Waals surface area (Å²) < 4.78 is 9.48. The average molecular weight is 376 g/mol. The van der Waals surface area contributed by atoms with Gasteiger partial charge in [-0.3, -0.25) is 9.59 Å². The number of aliphatic hydroxyl groups excluding tert-OH is 4. The van der Waals surface area contributed by atoms with Gasteiger partial charge in [-0.1, -0.05) is 12.2 Å². The van der Waals surface area contributed by atoms with E-state index in [2.05, 4.69) is 4.74 Å². The molecule has 3 atom stereocenters. The molecule has 0 aromatic rings. The summed E-state index contributed by atoms with van der Waals surface area (Å²) in [5, 5.41) is 33.1. The maximum atomic E-state index is 10.9. The zero-order chi connectivity index (χ0) is 19.8. The molecular weight excluding hydrogens is 344 g/mol. The van der Waals surface area contributed by atoms with Crippen LogP contribution in [-0.4, -0.2) is 71.5 Å². The molecule has 0 radical (unpaired) electrons. The number of hydrogen-bond donors (Lipinski definition) is 4. The van der Waals surface area contributed by atoms with Crippen LogP contribution in [0.25, 0.3) is 0 Å². The molecule has 1 aliphatic carbocycles. The molecule has 0 amide bonds. The van der Waals surface area contributed by atoms with E-state index < -0.39 is 0 Å². The molecule has 8 heteroatoms. The standard InChI is InChI=1S/C8H8O3.C6H14O3.C4H10O2/c9-7-5-3-1-2-4-6(5)8(10)11-7;7-3-1-5-9-6-2-4-8;1-4(6)2-3-5/h1-2,5-6H,3-4H2;7-8H,1-6H2;4-6H,2-3H2,1H3. The molecule has 0 saturated carbocycles. The second kappa shape index (κ2) is 15.9. The highest BCUT2D eigenvalue weighted by Gasteiger charge is 2.43. The fourth-order valence-electron chi connectivity index (χ4n) is 2.21. The molecule has 8 nitrogen and oxygen atoms in total. The number of fused-ring (bicyclic) bond motifs is 1. The number of allylic oxidation sites excluding steroid dienone is 2. The third kappa shape index (κ3) is 11.3. The molecule has 1 aliphatic heterocycles. The van der Waals surface area contributed by atoms with Gasteiger partial charge in [-0.15, -0.1) is 0 Å². The monoisotopic (exact) mass is 376 g/mol. The SMILES string of the molecule is CC(O)CCO.O=C1OC(=O)C2CC=CCC12.OCCCOCCCO. The van der Waals surface area contributed by atoms with Gasteiger partial charge in [0.15, 0.2) is 0 Å². The quantitative estimate of drug-likeness (QED) is 0.204. The number of ether oxygens (including phenoxy) is 2. The van der Waals surface area contributed by atoms with Gasteiger partial charge < -0.3 is 29.9 Å². The van der Waals surface area contributed by atoms with Crippen molar-refractivity contribution < 1.29 is 39.5 Å². The van der Waals surface area contributed by atoms with Crippen molar-refractivity contribution in [2.75, 3.05) is 33.0 Å². The summed E-state index contributed by atoms with van der Waals surface area (Å²) in [6.07, 6.45) is 6.69. The molecule has 3 unspecified atom stereocenters. The summed E-state index contributed by atoms with van der Waals surface area (Å²) in [4.78, 5) is 21.9. The number of rotatable bonds is 8. The van der Waals surface area contributed by atoms with Crippen LogP contribution in [0.4, 0.5) is 0 Å². The predicted octanol–water partition coefficient (Wildman–Crippen LogP) is 0.170. The molecule has 2 rings (SSSR count). The van der Waals surface area contributed by atoms with Gasteiger partial charge >= 0.3 is 11.9 Å². The molecule has 2 aliphatic rings. The third-order valence-corrected chi connectivity index (χ3v) is 3.68. The van der Waals surface area contributed by atoms with E-state index in [0.29, 0.717) is 45.3 Å². The highest BCUT2D eigenvalue weighted by atomic mass is 16.6. The molecule has 4 N–H and O–H groups in total. The highest BCUT2D eigenvalue weighted by molar-refractivity contribution is 5.96. The second-order valence-electron chi connectivity index (χ2n) is 6.02. The lowest BCUT2D eigenvalue weighted by molar-refractivity contribution is -0.153. The molecule has 0 bridgehead atoms. The largest absolute Gasteiger partial charge is 0.396 e. The number of carbonyl (C=O) groups is 2. The number of esters is 2. The van der Waals surface area contributed by atoms with E-state index in [1.165, 1.54) is 0 Å². The van der Waals surface area contributed by atoms with E-state index in [4.69, 9.17) is 25.2 Å². The topological polar surface area (TPSA) is 134 Å². The minimum Gasteiger partial charge on any atom is -0.396 e. The summed E-state index contributed by atoms with van der Waals surface area (Å²) in [5.41, 5.74) is 0. The number of hydrogen-bond acceptors (Lipinski definition) is 8. The number of aliphatic hydroxyl groups is 4. The van der Waals surface area contributed by atoms with Crippen LogP contribution in [0.15, 0.2) is 12.2 Å². The Morgan fingerprint density at radius 3 is 1.77 bits per heavy atom. The van der Waals surface area contributed by atoms with Gasteiger partial charge in [0.25, 0.3) is 0 Å². The fraction of sp³-hybridized carbons (Fsp3) is 0.778. The maximum Gasteiger partial charge on any atom is 0.317 e. The summed E-state index contributed by atoms with van der Waals surface area (Å²) in [6, 6.07) is 0. The van der Waals surface area contributed by atoms with Gasteiger partial charge in [0.1, 0.15) is 0 Å². The molecule has 0 aromatic carbocycles. The van der Waals surface area contributed by atoms with Gasteiger partial charge in [-0.05, 0) is 39.0 Å². The van der Waals surface area contributed by atoms with Crippen LogP contribution in [-0.2, 0) is 19.1 Å². The first-order valence-electron chi connectivity index (χ1n) is 8.96. The predicted molar refractivity (Wildman–Crippen MR) is 94.1 cm³/mol. The minimum absolute atomic E-state index is 0.0810. The van der Waals surface area contributed by atoms with E-state index in [0.717, 1.165) is 0 Å². The first kappa shape index (κ1) is 24.7. The molecule has 1 fully saturated rings. The van der Waals surface area contributed by atoms with Crippen LogP contribution in [0.1, 0.15) is 39.0 Å². The molecule has 0 aromatic heterocycles. The zero-order valence-corrected chi connectivity index (χ0v) is 15.4. The Morgan fingerprint density at radius 2 is 1.46 bits per heavy atom. The van der Waals surface area contributed by atoms with Crippen molar-refractivity contribution in [3.63, 3.8) is 0 Å². The molecule has 0 spiro atoms. The second-order valence-corrected chi connectivity index (χ2v) is 6.02. The highest BCUT2D eigenvalue weighted by Crippen LogP contribution is 2.32. The summed E-state index contributed by atoms with van der Waals surface area (Å²) >= 11 is 0.